The molecule has 0 bridgehead atoms. The lowest BCUT2D eigenvalue weighted by molar-refractivity contribution is -0.368. The molecule has 5 amide bonds. The van der Waals surface area contributed by atoms with Crippen molar-refractivity contribution in [1.82, 2.24) is 26.6 Å². The molecule has 2 aliphatic heterocycles. The van der Waals surface area contributed by atoms with Crippen molar-refractivity contribution >= 4 is 51.2 Å². The summed E-state index contributed by atoms with van der Waals surface area (Å²) in [6.07, 6.45) is -5.50. The Labute approximate surface area is 482 Å². The van der Waals surface area contributed by atoms with Crippen molar-refractivity contribution in [2.45, 2.75) is 238 Å². The molecule has 0 spiro atoms. The van der Waals surface area contributed by atoms with Crippen LogP contribution in [0.4, 0.5) is 0 Å². The lowest BCUT2D eigenvalue weighted by atomic mass is 9.91. The SMILES string of the molecule is CC(=O)N[C@H]1[C@H](OC2[C@@H](CO)O[C@H](OP(=O)([O-])OP(=O)([O-])OCCC(C)CCCC(C)CCCC(C)CCCC(C)C)[C@H](NC(C)=O)[C@H]2O[C@H](C)C(=O)N[C@@H](C)C(=O)NCCCC(=O)N[C@@H](CCCC[NH3+])C(=O)[O-])O[C@H](CO)[C@@H](O)[C@@H]1O. The van der Waals surface area contributed by atoms with Crippen molar-refractivity contribution in [2.75, 3.05) is 32.9 Å². The number of aliphatic hydroxyl groups is 4. The van der Waals surface area contributed by atoms with Crippen LogP contribution < -0.4 is 47.2 Å². The van der Waals surface area contributed by atoms with Crippen LogP contribution in [0.25, 0.3) is 0 Å². The maximum Gasteiger partial charge on any atom is 0.276 e. The highest BCUT2D eigenvalue weighted by molar-refractivity contribution is 7.59. The fraction of sp³-hybridized carbons (Fsp3) is 0.885. The first-order valence-corrected chi connectivity index (χ1v) is 31.6. The van der Waals surface area contributed by atoms with E-state index in [9.17, 15) is 73.2 Å². The number of aliphatic carboxylic acids is 1. The van der Waals surface area contributed by atoms with Crippen molar-refractivity contribution in [3.63, 3.8) is 0 Å². The fourth-order valence-electron chi connectivity index (χ4n) is 9.54. The summed E-state index contributed by atoms with van der Waals surface area (Å²) in [6.45, 7) is 13.4. The summed E-state index contributed by atoms with van der Waals surface area (Å²) in [7, 11) is -11.8. The van der Waals surface area contributed by atoms with Gasteiger partial charge < -0.3 is 95.9 Å². The molecule has 478 valence electrons. The molecular weight excluding hydrogens is 1120 g/mol. The molecule has 0 aromatic heterocycles. The second-order valence-corrected chi connectivity index (χ2v) is 25.3. The van der Waals surface area contributed by atoms with Gasteiger partial charge in [0.05, 0.1) is 38.4 Å². The maximum atomic E-state index is 13.8. The minimum absolute atomic E-state index is 0.00369. The Morgan fingerprint density at radius 1 is 0.646 bits per heavy atom. The van der Waals surface area contributed by atoms with E-state index >= 15 is 0 Å². The number of carboxylic acid groups (broad SMARTS) is 1. The number of carboxylic acids is 1. The van der Waals surface area contributed by atoms with Gasteiger partial charge in [-0.05, 0) is 69.6 Å². The molecule has 82 heavy (non-hydrogen) atoms. The van der Waals surface area contributed by atoms with Crippen LogP contribution in [0.3, 0.4) is 0 Å². The van der Waals surface area contributed by atoms with Gasteiger partial charge in [-0.15, -0.1) is 0 Å². The summed E-state index contributed by atoms with van der Waals surface area (Å²) in [4.78, 5) is 102. The van der Waals surface area contributed by atoms with Gasteiger partial charge >= 0.3 is 0 Å². The van der Waals surface area contributed by atoms with Crippen LogP contribution in [0.1, 0.15) is 159 Å². The van der Waals surface area contributed by atoms with E-state index in [1.165, 1.54) is 32.6 Å². The number of carbonyl (C=O) groups excluding carboxylic acids is 6. The molecule has 2 aliphatic rings. The van der Waals surface area contributed by atoms with Gasteiger partial charge in [0.1, 0.15) is 60.9 Å². The van der Waals surface area contributed by atoms with Crippen LogP contribution >= 0.6 is 15.6 Å². The topological polar surface area (TPSA) is 439 Å². The highest BCUT2D eigenvalue weighted by atomic mass is 31.3. The molecule has 0 aliphatic carbocycles. The van der Waals surface area contributed by atoms with Gasteiger partial charge in [0.15, 0.2) is 12.6 Å². The van der Waals surface area contributed by atoms with Gasteiger partial charge in [-0.25, -0.2) is 4.31 Å². The van der Waals surface area contributed by atoms with E-state index in [2.05, 4.69) is 64.3 Å². The average Bonchev–Trinajstić information content (AvgIpc) is 2.81. The minimum Gasteiger partial charge on any atom is -0.756 e. The van der Waals surface area contributed by atoms with Gasteiger partial charge in [-0.2, -0.15) is 0 Å². The van der Waals surface area contributed by atoms with E-state index in [1.807, 2.05) is 6.92 Å². The standard InChI is InChI=1S/C52H98N6O22P2/c1-30(2)16-12-17-31(3)18-13-19-32(4)20-14-21-33(5)24-27-74-81(70,71)80-82(72,73)79-52-43(57-37(9)62)47(46(40(29-60)77-52)78-51-42(56-36(8)61)45(65)44(64)39(28-59)76-51)75-35(7)49(67)55-34(6)48(66)54-26-15-23-41(63)58-38(50(68)69)22-10-11-25-53/h30-35,38-40,42-47,51-52,59-60,64-65H,10-29,53H2,1-9H3,(H,54,66)(H,55,67)(H,56,61)(H,57,62)(H,58,63)(H,68,69)(H,70,71)(H,72,73)/p-2/t31?,32?,33?,34-,35+,38-,39+,40+,42+,43+,44+,45+,46?,47+,51-,52+/m0/s1. The van der Waals surface area contributed by atoms with E-state index in [0.717, 1.165) is 52.9 Å². The third-order valence-electron chi connectivity index (χ3n) is 14.3. The van der Waals surface area contributed by atoms with E-state index < -0.39 is 150 Å². The third-order valence-corrected chi connectivity index (χ3v) is 16.8. The lowest BCUT2D eigenvalue weighted by Crippen LogP contribution is -2.70. The molecule has 12 N–H and O–H groups in total. The average molecular weight is 1220 g/mol. The number of unbranched alkanes of at least 4 members (excludes halogenated alkanes) is 1. The molecule has 28 nitrogen and oxygen atoms in total. The number of amides is 5. The summed E-state index contributed by atoms with van der Waals surface area (Å²) in [5, 5.41) is 65.9. The third kappa shape index (κ3) is 28.3. The van der Waals surface area contributed by atoms with Crippen molar-refractivity contribution in [3.8, 4) is 0 Å². The van der Waals surface area contributed by atoms with Crippen LogP contribution in [-0.4, -0.2) is 168 Å². The van der Waals surface area contributed by atoms with Crippen molar-refractivity contribution in [2.24, 2.45) is 23.7 Å². The van der Waals surface area contributed by atoms with Crippen LogP contribution in [0.2, 0.25) is 0 Å². The molecule has 18 atom stereocenters. The van der Waals surface area contributed by atoms with Gasteiger partial charge in [0.2, 0.25) is 29.5 Å². The summed E-state index contributed by atoms with van der Waals surface area (Å²) >= 11 is 0. The smallest absolute Gasteiger partial charge is 0.276 e. The number of nitrogens with one attached hydrogen (secondary N) is 5. The Hall–Kier alpha value is -3.28. The molecule has 0 aromatic carbocycles. The van der Waals surface area contributed by atoms with E-state index in [1.54, 1.807) is 0 Å². The highest BCUT2D eigenvalue weighted by Crippen LogP contribution is 2.57. The first-order chi connectivity index (χ1) is 38.4. The Morgan fingerprint density at radius 3 is 1.73 bits per heavy atom. The predicted octanol–water partition coefficient (Wildman–Crippen LogP) is -1.19. The van der Waals surface area contributed by atoms with Crippen LogP contribution in [-0.2, 0) is 70.2 Å². The summed E-state index contributed by atoms with van der Waals surface area (Å²) < 4.78 is 64.8. The van der Waals surface area contributed by atoms with Crippen molar-refractivity contribution in [1.29, 1.82) is 0 Å². The zero-order chi connectivity index (χ0) is 61.9. The Kier molecular flexibility index (Phi) is 34.7. The molecule has 2 fully saturated rings. The number of hydrogen-bond acceptors (Lipinski definition) is 22. The predicted molar refractivity (Wildman–Crippen MR) is 288 cm³/mol. The number of carbonyl (C=O) groups is 6. The van der Waals surface area contributed by atoms with Crippen LogP contribution in [0.15, 0.2) is 0 Å². The second-order valence-electron chi connectivity index (χ2n) is 22.3. The molecule has 6 unspecified atom stereocenters. The number of quaternary nitrogens is 1. The summed E-state index contributed by atoms with van der Waals surface area (Å²) in [5.41, 5.74) is 3.70. The van der Waals surface area contributed by atoms with Crippen molar-refractivity contribution < 1.29 is 111 Å². The number of phosphoric acid groups is 2. The number of hydrogen-bond donors (Lipinski definition) is 10. The molecule has 0 aromatic rings. The number of rotatable bonds is 41. The Balaban J connectivity index is 2.27. The number of aliphatic hydroxyl groups excluding tert-OH is 4. The van der Waals surface area contributed by atoms with Gasteiger partial charge in [-0.1, -0.05) is 92.4 Å². The number of phosphoric ester groups is 2. The Bertz CT molecular complexity index is 2050. The van der Waals surface area contributed by atoms with E-state index in [0.29, 0.717) is 37.1 Å². The fourth-order valence-corrected chi connectivity index (χ4v) is 11.6. The zero-order valence-corrected chi connectivity index (χ0v) is 51.0. The molecule has 2 saturated heterocycles. The second kappa shape index (κ2) is 38.0. The molecule has 30 heteroatoms. The monoisotopic (exact) mass is 1220 g/mol. The van der Waals surface area contributed by atoms with Crippen molar-refractivity contribution in [3.05, 3.63) is 0 Å². The van der Waals surface area contributed by atoms with E-state index in [4.69, 9.17) is 28.0 Å². The normalized spacial score (nSPS) is 26.6. The highest BCUT2D eigenvalue weighted by Gasteiger charge is 2.54. The molecule has 0 radical (unpaired) electrons. The molecular formula is C52H96N6O22P2-2. The maximum absolute atomic E-state index is 13.8. The summed E-state index contributed by atoms with van der Waals surface area (Å²) in [6, 6.07) is -6.08. The summed E-state index contributed by atoms with van der Waals surface area (Å²) in [5.74, 6) is -3.58. The van der Waals surface area contributed by atoms with Gasteiger partial charge in [-0.3, -0.25) is 37.6 Å². The number of ether oxygens (including phenoxy) is 4. The largest absolute Gasteiger partial charge is 0.756 e. The zero-order valence-electron chi connectivity index (χ0n) is 49.2. The first-order valence-electron chi connectivity index (χ1n) is 28.7. The van der Waals surface area contributed by atoms with Crippen LogP contribution in [0, 0.1) is 23.7 Å². The minimum atomic E-state index is -6.11. The van der Waals surface area contributed by atoms with Crippen LogP contribution in [0.5, 0.6) is 0 Å². The first kappa shape index (κ1) is 74.8. The molecule has 0 saturated carbocycles. The van der Waals surface area contributed by atoms with Gasteiger partial charge in [0.25, 0.3) is 15.6 Å². The quantitative estimate of drug-likeness (QED) is 0.0254. The molecule has 2 rings (SSSR count). The van der Waals surface area contributed by atoms with Gasteiger partial charge in [0, 0.05) is 26.8 Å². The Morgan fingerprint density at radius 2 is 1.20 bits per heavy atom. The lowest BCUT2D eigenvalue weighted by Gasteiger charge is -2.50. The molecule has 2 heterocycles. The van der Waals surface area contributed by atoms with E-state index in [-0.39, 0.29) is 38.1 Å².